The molecule has 0 bridgehead atoms. The second-order valence-corrected chi connectivity index (χ2v) is 4.29. The molecule has 0 spiro atoms. The zero-order chi connectivity index (χ0) is 13.8. The molecular weight excluding hydrogens is 235 g/mol. The summed E-state index contributed by atoms with van der Waals surface area (Å²) in [5.41, 5.74) is -1.18. The summed E-state index contributed by atoms with van der Waals surface area (Å²) in [7, 11) is 0. The number of nitrogens with zero attached hydrogens (tertiary/aromatic N) is 1. The van der Waals surface area contributed by atoms with E-state index in [0.717, 1.165) is 0 Å². The minimum Gasteiger partial charge on any atom is -0.480 e. The summed E-state index contributed by atoms with van der Waals surface area (Å²) in [4.78, 5) is 11.3. The topological polar surface area (TPSA) is 73.1 Å². The lowest BCUT2D eigenvalue weighted by Crippen LogP contribution is -2.43. The summed E-state index contributed by atoms with van der Waals surface area (Å²) in [6.45, 7) is 3.38. The van der Waals surface area contributed by atoms with Crippen LogP contribution >= 0.6 is 0 Å². The fraction of sp³-hybridized carbons (Fsp3) is 0.385. The van der Waals surface area contributed by atoms with E-state index in [9.17, 15) is 14.3 Å². The maximum absolute atomic E-state index is 13.4. The Morgan fingerprint density at radius 1 is 1.61 bits per heavy atom. The number of halogens is 1. The zero-order valence-corrected chi connectivity index (χ0v) is 10.3. The van der Waals surface area contributed by atoms with Crippen LogP contribution in [0.4, 0.5) is 10.1 Å². The molecule has 4 nitrogen and oxygen atoms in total. The molecule has 1 unspecified atom stereocenters. The minimum absolute atomic E-state index is 0.166. The van der Waals surface area contributed by atoms with E-state index < -0.39 is 17.3 Å². The van der Waals surface area contributed by atoms with E-state index in [1.165, 1.54) is 25.1 Å². The van der Waals surface area contributed by atoms with E-state index in [1.807, 2.05) is 6.92 Å². The van der Waals surface area contributed by atoms with Crippen LogP contribution in [0.3, 0.4) is 0 Å². The maximum atomic E-state index is 13.4. The molecule has 0 aliphatic rings. The van der Waals surface area contributed by atoms with Crippen LogP contribution in [0, 0.1) is 17.1 Å². The highest BCUT2D eigenvalue weighted by molar-refractivity contribution is 5.83. The van der Waals surface area contributed by atoms with Gasteiger partial charge >= 0.3 is 5.97 Å². The smallest absolute Gasteiger partial charge is 0.329 e. The van der Waals surface area contributed by atoms with Crippen molar-refractivity contribution in [3.05, 3.63) is 29.6 Å². The first-order valence-corrected chi connectivity index (χ1v) is 5.64. The quantitative estimate of drug-likeness (QED) is 0.842. The second-order valence-electron chi connectivity index (χ2n) is 4.29. The van der Waals surface area contributed by atoms with E-state index in [0.29, 0.717) is 12.8 Å². The van der Waals surface area contributed by atoms with Crippen LogP contribution < -0.4 is 5.32 Å². The Balaban J connectivity index is 3.13. The fourth-order valence-electron chi connectivity index (χ4n) is 1.76. The van der Waals surface area contributed by atoms with Gasteiger partial charge in [0.2, 0.25) is 0 Å². The van der Waals surface area contributed by atoms with Crippen LogP contribution in [0.5, 0.6) is 0 Å². The Hall–Kier alpha value is -2.09. The van der Waals surface area contributed by atoms with Crippen molar-refractivity contribution in [1.29, 1.82) is 5.26 Å². The third-order valence-electron chi connectivity index (χ3n) is 2.76. The van der Waals surface area contributed by atoms with Gasteiger partial charge < -0.3 is 10.4 Å². The van der Waals surface area contributed by atoms with Crippen molar-refractivity contribution < 1.29 is 14.3 Å². The van der Waals surface area contributed by atoms with Crippen LogP contribution in [0.15, 0.2) is 18.2 Å². The van der Waals surface area contributed by atoms with Gasteiger partial charge in [0.1, 0.15) is 23.0 Å². The molecule has 0 fully saturated rings. The number of carboxylic acid groups (broad SMARTS) is 1. The minimum atomic E-state index is -1.21. The summed E-state index contributed by atoms with van der Waals surface area (Å²) in [5, 5.41) is 20.9. The van der Waals surface area contributed by atoms with E-state index in [-0.39, 0.29) is 11.3 Å². The highest BCUT2D eigenvalue weighted by Crippen LogP contribution is 2.24. The molecule has 2 N–H and O–H groups in total. The first-order valence-electron chi connectivity index (χ1n) is 5.64. The lowest BCUT2D eigenvalue weighted by molar-refractivity contribution is -0.141. The Bertz CT molecular complexity index is 496. The first kappa shape index (κ1) is 14.0. The van der Waals surface area contributed by atoms with Crippen molar-refractivity contribution in [3.63, 3.8) is 0 Å². The molecule has 1 aromatic carbocycles. The first-order chi connectivity index (χ1) is 8.44. The number of aliphatic carboxylic acids is 1. The number of anilines is 1. The third-order valence-corrected chi connectivity index (χ3v) is 2.76. The predicted molar refractivity (Wildman–Crippen MR) is 65.7 cm³/mol. The molecule has 0 saturated carbocycles. The lowest BCUT2D eigenvalue weighted by Gasteiger charge is -2.27. The molecule has 0 aromatic heterocycles. The Morgan fingerprint density at radius 2 is 2.28 bits per heavy atom. The van der Waals surface area contributed by atoms with E-state index in [4.69, 9.17) is 5.26 Å². The Labute approximate surface area is 105 Å². The van der Waals surface area contributed by atoms with Crippen LogP contribution in [-0.2, 0) is 4.79 Å². The SMILES string of the molecule is CCCC(C)(Nc1cccc(F)c1C#N)C(=O)O. The van der Waals surface area contributed by atoms with Crippen LogP contribution in [-0.4, -0.2) is 16.6 Å². The molecule has 0 heterocycles. The number of carboxylic acids is 1. The molecule has 1 atom stereocenters. The monoisotopic (exact) mass is 250 g/mol. The van der Waals surface area contributed by atoms with Gasteiger partial charge in [-0.05, 0) is 25.5 Å². The number of hydrogen-bond donors (Lipinski definition) is 2. The van der Waals surface area contributed by atoms with E-state index in [1.54, 1.807) is 6.07 Å². The van der Waals surface area contributed by atoms with E-state index in [2.05, 4.69) is 5.32 Å². The predicted octanol–water partition coefficient (Wildman–Crippen LogP) is 2.75. The Kier molecular flexibility index (Phi) is 4.27. The maximum Gasteiger partial charge on any atom is 0.329 e. The molecule has 0 aliphatic heterocycles. The van der Waals surface area contributed by atoms with Gasteiger partial charge in [-0.15, -0.1) is 0 Å². The molecule has 18 heavy (non-hydrogen) atoms. The molecule has 1 rings (SSSR count). The zero-order valence-electron chi connectivity index (χ0n) is 10.3. The molecule has 0 aliphatic carbocycles. The normalized spacial score (nSPS) is 13.4. The standard InChI is InChI=1S/C13H15FN2O2/c1-3-7-13(2,12(17)18)16-11-6-4-5-10(14)9(11)8-15/h4-6,16H,3,7H2,1-2H3,(H,17,18). The largest absolute Gasteiger partial charge is 0.480 e. The van der Waals surface area contributed by atoms with Gasteiger partial charge in [-0.3, -0.25) is 0 Å². The van der Waals surface area contributed by atoms with Crippen LogP contribution in [0.25, 0.3) is 0 Å². The van der Waals surface area contributed by atoms with Crippen LogP contribution in [0.2, 0.25) is 0 Å². The van der Waals surface area contributed by atoms with Gasteiger partial charge in [-0.1, -0.05) is 19.4 Å². The molecule has 96 valence electrons. The van der Waals surface area contributed by atoms with Gasteiger partial charge in [0, 0.05) is 0 Å². The molecular formula is C13H15FN2O2. The molecule has 5 heteroatoms. The number of hydrogen-bond acceptors (Lipinski definition) is 3. The van der Waals surface area contributed by atoms with Crippen molar-refractivity contribution in [1.82, 2.24) is 0 Å². The van der Waals surface area contributed by atoms with Crippen molar-refractivity contribution >= 4 is 11.7 Å². The number of nitriles is 1. The number of carbonyl (C=O) groups is 1. The van der Waals surface area contributed by atoms with Gasteiger partial charge in [0.25, 0.3) is 0 Å². The summed E-state index contributed by atoms with van der Waals surface area (Å²) in [6, 6.07) is 5.84. The number of nitrogens with one attached hydrogen (secondary N) is 1. The second kappa shape index (κ2) is 5.50. The number of benzene rings is 1. The van der Waals surface area contributed by atoms with Gasteiger partial charge in [0.15, 0.2) is 0 Å². The third kappa shape index (κ3) is 2.77. The fourth-order valence-corrected chi connectivity index (χ4v) is 1.76. The van der Waals surface area contributed by atoms with Gasteiger partial charge in [0.05, 0.1) is 5.69 Å². The molecule has 0 amide bonds. The molecule has 0 radical (unpaired) electrons. The van der Waals surface area contributed by atoms with Gasteiger partial charge in [-0.2, -0.15) is 5.26 Å². The summed E-state index contributed by atoms with van der Waals surface area (Å²) >= 11 is 0. The lowest BCUT2D eigenvalue weighted by atomic mass is 9.95. The Morgan fingerprint density at radius 3 is 2.78 bits per heavy atom. The van der Waals surface area contributed by atoms with Crippen molar-refractivity contribution in [2.75, 3.05) is 5.32 Å². The summed E-state index contributed by atoms with van der Waals surface area (Å²) < 4.78 is 13.4. The average molecular weight is 250 g/mol. The van der Waals surface area contributed by atoms with Crippen molar-refractivity contribution in [2.24, 2.45) is 0 Å². The van der Waals surface area contributed by atoms with Gasteiger partial charge in [-0.25, -0.2) is 9.18 Å². The van der Waals surface area contributed by atoms with Crippen molar-refractivity contribution in [3.8, 4) is 6.07 Å². The number of rotatable bonds is 5. The highest BCUT2D eigenvalue weighted by atomic mass is 19.1. The average Bonchev–Trinajstić information content (AvgIpc) is 2.29. The van der Waals surface area contributed by atoms with Crippen molar-refractivity contribution in [2.45, 2.75) is 32.2 Å². The highest BCUT2D eigenvalue weighted by Gasteiger charge is 2.32. The summed E-state index contributed by atoms with van der Waals surface area (Å²) in [6.07, 6.45) is 1.04. The van der Waals surface area contributed by atoms with Crippen LogP contribution in [0.1, 0.15) is 32.3 Å². The molecule has 1 aromatic rings. The summed E-state index contributed by atoms with van der Waals surface area (Å²) in [5.74, 6) is -1.69. The van der Waals surface area contributed by atoms with E-state index >= 15 is 0 Å². The molecule has 0 saturated heterocycles.